The van der Waals surface area contributed by atoms with E-state index >= 15 is 0 Å². The van der Waals surface area contributed by atoms with Crippen LogP contribution in [0.2, 0.25) is 0 Å². The minimum Gasteiger partial charge on any atom is -0.453 e. The van der Waals surface area contributed by atoms with Gasteiger partial charge in [-0.1, -0.05) is 12.1 Å². The predicted molar refractivity (Wildman–Crippen MR) is 49.9 cm³/mol. The fourth-order valence-electron chi connectivity index (χ4n) is 1.51. The first-order chi connectivity index (χ1) is 6.20. The molecule has 0 amide bonds. The third-order valence-corrected chi connectivity index (χ3v) is 2.24. The van der Waals surface area contributed by atoms with Gasteiger partial charge in [0.15, 0.2) is 11.5 Å². The third-order valence-electron chi connectivity index (χ3n) is 2.24. The lowest BCUT2D eigenvalue weighted by molar-refractivity contribution is 0.172. The maximum Gasteiger partial charge on any atom is 0.231 e. The van der Waals surface area contributed by atoms with Crippen LogP contribution in [0, 0.1) is 6.92 Å². The molecule has 0 saturated carbocycles. The smallest absolute Gasteiger partial charge is 0.231 e. The summed E-state index contributed by atoms with van der Waals surface area (Å²) in [4.78, 5) is 0. The first-order valence-electron chi connectivity index (χ1n) is 4.35. The van der Waals surface area contributed by atoms with E-state index < -0.39 is 0 Å². The highest BCUT2D eigenvalue weighted by Crippen LogP contribution is 2.40. The van der Waals surface area contributed by atoms with Crippen molar-refractivity contribution in [2.45, 2.75) is 19.9 Å². The molecule has 1 unspecified atom stereocenters. The minimum absolute atomic E-state index is 0.0175. The van der Waals surface area contributed by atoms with Crippen LogP contribution in [0.1, 0.15) is 24.1 Å². The van der Waals surface area contributed by atoms with Crippen molar-refractivity contribution in [3.63, 3.8) is 0 Å². The largest absolute Gasteiger partial charge is 0.453 e. The molecule has 0 spiro atoms. The Morgan fingerprint density at radius 3 is 2.69 bits per heavy atom. The highest BCUT2D eigenvalue weighted by atomic mass is 16.7. The zero-order valence-electron chi connectivity index (χ0n) is 7.83. The molecule has 0 radical (unpaired) electrons. The van der Waals surface area contributed by atoms with E-state index in [0.29, 0.717) is 6.79 Å². The van der Waals surface area contributed by atoms with Gasteiger partial charge in [-0.3, -0.25) is 0 Å². The molecule has 1 aromatic rings. The fourth-order valence-corrected chi connectivity index (χ4v) is 1.51. The quantitative estimate of drug-likeness (QED) is 0.714. The SMILES string of the molecule is Cc1ccc(C(C)N)c2c1OCO2. The molecular formula is C10H13NO2. The molecule has 1 aliphatic heterocycles. The van der Waals surface area contributed by atoms with Gasteiger partial charge >= 0.3 is 0 Å². The molecule has 2 rings (SSSR count). The van der Waals surface area contributed by atoms with Crippen molar-refractivity contribution in [1.29, 1.82) is 0 Å². The molecule has 0 saturated heterocycles. The van der Waals surface area contributed by atoms with E-state index in [1.807, 2.05) is 26.0 Å². The predicted octanol–water partition coefficient (Wildman–Crippen LogP) is 1.74. The first kappa shape index (κ1) is 8.38. The summed E-state index contributed by atoms with van der Waals surface area (Å²) in [6.07, 6.45) is 0. The summed E-state index contributed by atoms with van der Waals surface area (Å²) in [6.45, 7) is 4.24. The molecule has 0 aromatic heterocycles. The van der Waals surface area contributed by atoms with Crippen LogP contribution in [-0.4, -0.2) is 6.79 Å². The maximum absolute atomic E-state index is 5.80. The molecule has 1 atom stereocenters. The Morgan fingerprint density at radius 2 is 2.00 bits per heavy atom. The van der Waals surface area contributed by atoms with Crippen LogP contribution >= 0.6 is 0 Å². The van der Waals surface area contributed by atoms with Crippen LogP contribution in [-0.2, 0) is 0 Å². The lowest BCUT2D eigenvalue weighted by atomic mass is 10.0. The zero-order valence-corrected chi connectivity index (χ0v) is 7.83. The Bertz CT molecular complexity index is 334. The molecule has 2 N–H and O–H groups in total. The number of nitrogens with two attached hydrogens (primary N) is 1. The van der Waals surface area contributed by atoms with Gasteiger partial charge in [-0.05, 0) is 19.4 Å². The van der Waals surface area contributed by atoms with Crippen LogP contribution in [0.5, 0.6) is 11.5 Å². The molecule has 1 aliphatic rings. The third kappa shape index (κ3) is 1.25. The molecule has 13 heavy (non-hydrogen) atoms. The molecule has 1 heterocycles. The summed E-state index contributed by atoms with van der Waals surface area (Å²) >= 11 is 0. The van der Waals surface area contributed by atoms with Crippen LogP contribution in [0.3, 0.4) is 0 Å². The van der Waals surface area contributed by atoms with Crippen molar-refractivity contribution in [3.05, 3.63) is 23.3 Å². The summed E-state index contributed by atoms with van der Waals surface area (Å²) < 4.78 is 10.7. The number of aryl methyl sites for hydroxylation is 1. The number of rotatable bonds is 1. The second-order valence-electron chi connectivity index (χ2n) is 3.33. The second-order valence-corrected chi connectivity index (χ2v) is 3.33. The topological polar surface area (TPSA) is 44.5 Å². The second kappa shape index (κ2) is 2.92. The van der Waals surface area contributed by atoms with E-state index in [9.17, 15) is 0 Å². The molecule has 70 valence electrons. The van der Waals surface area contributed by atoms with Gasteiger partial charge in [-0.15, -0.1) is 0 Å². The van der Waals surface area contributed by atoms with E-state index in [1.54, 1.807) is 0 Å². The lowest BCUT2D eigenvalue weighted by Gasteiger charge is -2.10. The summed E-state index contributed by atoms with van der Waals surface area (Å²) in [6, 6.07) is 3.98. The van der Waals surface area contributed by atoms with Crippen molar-refractivity contribution < 1.29 is 9.47 Å². The molecule has 0 aliphatic carbocycles. The molecule has 0 bridgehead atoms. The molecule has 0 fully saturated rings. The number of hydrogen-bond acceptors (Lipinski definition) is 3. The van der Waals surface area contributed by atoms with Crippen LogP contribution in [0.15, 0.2) is 12.1 Å². The van der Waals surface area contributed by atoms with Gasteiger partial charge in [0, 0.05) is 11.6 Å². The summed E-state index contributed by atoms with van der Waals surface area (Å²) in [7, 11) is 0. The average molecular weight is 179 g/mol. The van der Waals surface area contributed by atoms with Crippen molar-refractivity contribution in [2.75, 3.05) is 6.79 Å². The number of benzene rings is 1. The maximum atomic E-state index is 5.80. The standard InChI is InChI=1S/C10H13NO2/c1-6-3-4-8(7(2)11)10-9(6)12-5-13-10/h3-4,7H,5,11H2,1-2H3. The molecule has 3 heteroatoms. The zero-order chi connectivity index (χ0) is 9.42. The lowest BCUT2D eigenvalue weighted by Crippen LogP contribution is -2.06. The Kier molecular flexibility index (Phi) is 1.88. The van der Waals surface area contributed by atoms with Crippen molar-refractivity contribution in [3.8, 4) is 11.5 Å². The summed E-state index contributed by atoms with van der Waals surface area (Å²) in [5, 5.41) is 0. The number of hydrogen-bond donors (Lipinski definition) is 1. The van der Waals surface area contributed by atoms with Crippen LogP contribution in [0.4, 0.5) is 0 Å². The minimum atomic E-state index is -0.0175. The van der Waals surface area contributed by atoms with Gasteiger partial charge in [-0.25, -0.2) is 0 Å². The van der Waals surface area contributed by atoms with Gasteiger partial charge < -0.3 is 15.2 Å². The Hall–Kier alpha value is -1.22. The highest BCUT2D eigenvalue weighted by Gasteiger charge is 2.21. The summed E-state index contributed by atoms with van der Waals surface area (Å²) in [5.41, 5.74) is 7.91. The highest BCUT2D eigenvalue weighted by molar-refractivity contribution is 5.53. The van der Waals surface area contributed by atoms with E-state index in [1.165, 1.54) is 0 Å². The van der Waals surface area contributed by atoms with Crippen LogP contribution < -0.4 is 15.2 Å². The van der Waals surface area contributed by atoms with Gasteiger partial charge in [0.2, 0.25) is 6.79 Å². The average Bonchev–Trinajstić information content (AvgIpc) is 2.53. The Labute approximate surface area is 77.5 Å². The first-order valence-corrected chi connectivity index (χ1v) is 4.35. The Morgan fingerprint density at radius 1 is 1.31 bits per heavy atom. The van der Waals surface area contributed by atoms with Gasteiger partial charge in [0.05, 0.1) is 0 Å². The normalized spacial score (nSPS) is 15.9. The van der Waals surface area contributed by atoms with Crippen molar-refractivity contribution >= 4 is 0 Å². The van der Waals surface area contributed by atoms with E-state index in [0.717, 1.165) is 22.6 Å². The van der Waals surface area contributed by atoms with E-state index in [2.05, 4.69) is 0 Å². The van der Waals surface area contributed by atoms with Gasteiger partial charge in [-0.2, -0.15) is 0 Å². The van der Waals surface area contributed by atoms with E-state index in [-0.39, 0.29) is 6.04 Å². The van der Waals surface area contributed by atoms with E-state index in [4.69, 9.17) is 15.2 Å². The number of fused-ring (bicyclic) bond motifs is 1. The van der Waals surface area contributed by atoms with Crippen molar-refractivity contribution in [2.24, 2.45) is 5.73 Å². The fraction of sp³-hybridized carbons (Fsp3) is 0.400. The molecular weight excluding hydrogens is 166 g/mol. The monoisotopic (exact) mass is 179 g/mol. The Balaban J connectivity index is 2.56. The van der Waals surface area contributed by atoms with Gasteiger partial charge in [0.25, 0.3) is 0 Å². The molecule has 1 aromatic carbocycles. The number of ether oxygens (including phenoxy) is 2. The molecule has 3 nitrogen and oxygen atoms in total. The van der Waals surface area contributed by atoms with Crippen LogP contribution in [0.25, 0.3) is 0 Å². The van der Waals surface area contributed by atoms with Gasteiger partial charge in [0.1, 0.15) is 0 Å². The summed E-state index contributed by atoms with van der Waals surface area (Å²) in [5.74, 6) is 1.66. The van der Waals surface area contributed by atoms with Crippen molar-refractivity contribution in [1.82, 2.24) is 0 Å².